The third kappa shape index (κ3) is 4.47. The van der Waals surface area contributed by atoms with Gasteiger partial charge in [0.15, 0.2) is 0 Å². The van der Waals surface area contributed by atoms with E-state index in [0.717, 1.165) is 23.7 Å². The molecule has 1 atom stereocenters. The van der Waals surface area contributed by atoms with Gasteiger partial charge in [0.1, 0.15) is 0 Å². The lowest BCUT2D eigenvalue weighted by atomic mass is 10.00. The smallest absolute Gasteiger partial charge is 0.0931 e. The molecule has 1 unspecified atom stereocenters. The first-order valence-electron chi connectivity index (χ1n) is 7.30. The van der Waals surface area contributed by atoms with Crippen LogP contribution in [0.15, 0.2) is 30.3 Å². The molecule has 4 heteroatoms. The molecule has 2 nitrogen and oxygen atoms in total. The van der Waals surface area contributed by atoms with Gasteiger partial charge in [-0.05, 0) is 43.5 Å². The Morgan fingerprint density at radius 1 is 1.29 bits per heavy atom. The summed E-state index contributed by atoms with van der Waals surface area (Å²) in [6.07, 6.45) is 1.92. The van der Waals surface area contributed by atoms with Crippen molar-refractivity contribution in [3.05, 3.63) is 50.7 Å². The zero-order valence-electron chi connectivity index (χ0n) is 12.9. The number of hydrogen-bond donors (Lipinski definition) is 1. The van der Waals surface area contributed by atoms with Crippen molar-refractivity contribution in [2.45, 2.75) is 39.3 Å². The Balaban J connectivity index is 2.20. The minimum atomic E-state index is 0.218. The van der Waals surface area contributed by atoms with Gasteiger partial charge in [-0.25, -0.2) is 0 Å². The summed E-state index contributed by atoms with van der Waals surface area (Å²) in [7, 11) is 2.12. The predicted molar refractivity (Wildman–Crippen MR) is 94.6 cm³/mol. The first kappa shape index (κ1) is 16.3. The van der Waals surface area contributed by atoms with Crippen molar-refractivity contribution in [2.75, 3.05) is 11.9 Å². The zero-order chi connectivity index (χ0) is 15.4. The van der Waals surface area contributed by atoms with E-state index in [2.05, 4.69) is 50.1 Å². The monoisotopic (exact) mass is 322 g/mol. The minimum Gasteiger partial charge on any atom is -0.369 e. The maximum absolute atomic E-state index is 6.15. The Kier molecular flexibility index (Phi) is 5.68. The van der Waals surface area contributed by atoms with E-state index in [9.17, 15) is 0 Å². The van der Waals surface area contributed by atoms with E-state index in [4.69, 9.17) is 17.3 Å². The number of nitrogens with two attached hydrogens (primary N) is 1. The normalized spacial score (nSPS) is 12.4. The highest BCUT2D eigenvalue weighted by Crippen LogP contribution is 2.27. The van der Waals surface area contributed by atoms with Crippen molar-refractivity contribution in [1.29, 1.82) is 0 Å². The van der Waals surface area contributed by atoms with Gasteiger partial charge < -0.3 is 10.6 Å². The Hall–Kier alpha value is -1.03. The average molecular weight is 323 g/mol. The summed E-state index contributed by atoms with van der Waals surface area (Å²) in [5.41, 5.74) is 10.0. The molecule has 0 bridgehead atoms. The number of thiophene rings is 1. The van der Waals surface area contributed by atoms with Crippen molar-refractivity contribution in [1.82, 2.24) is 0 Å². The summed E-state index contributed by atoms with van der Waals surface area (Å²) in [5, 5.41) is 0. The molecular weight excluding hydrogens is 300 g/mol. The standard InChI is InChI=1S/C17H23ClN2S/c1-4-14(19)10-13-9-12(2)5-7-16(13)20(3)11-15-6-8-17(18)21-15/h5-9,14H,4,10-11,19H2,1-3H3. The third-order valence-corrected chi connectivity index (χ3v) is 4.89. The van der Waals surface area contributed by atoms with Crippen molar-refractivity contribution < 1.29 is 0 Å². The van der Waals surface area contributed by atoms with E-state index in [1.165, 1.54) is 21.7 Å². The van der Waals surface area contributed by atoms with Crippen LogP contribution in [0.1, 0.15) is 29.3 Å². The lowest BCUT2D eigenvalue weighted by molar-refractivity contribution is 0.645. The van der Waals surface area contributed by atoms with Crippen LogP contribution in [0.25, 0.3) is 0 Å². The van der Waals surface area contributed by atoms with Gasteiger partial charge in [-0.1, -0.05) is 36.2 Å². The molecule has 1 aromatic carbocycles. The van der Waals surface area contributed by atoms with Crippen LogP contribution in [0.4, 0.5) is 5.69 Å². The van der Waals surface area contributed by atoms with Crippen LogP contribution in [0.2, 0.25) is 4.34 Å². The number of aryl methyl sites for hydroxylation is 1. The highest BCUT2D eigenvalue weighted by molar-refractivity contribution is 7.16. The minimum absolute atomic E-state index is 0.218. The highest BCUT2D eigenvalue weighted by atomic mass is 35.5. The molecule has 0 fully saturated rings. The molecule has 0 saturated heterocycles. The van der Waals surface area contributed by atoms with Gasteiger partial charge in [-0.2, -0.15) is 0 Å². The van der Waals surface area contributed by atoms with Crippen LogP contribution in [-0.2, 0) is 13.0 Å². The molecule has 114 valence electrons. The van der Waals surface area contributed by atoms with Gasteiger partial charge in [0.2, 0.25) is 0 Å². The van der Waals surface area contributed by atoms with E-state index in [1.54, 1.807) is 11.3 Å². The van der Waals surface area contributed by atoms with Crippen LogP contribution < -0.4 is 10.6 Å². The Morgan fingerprint density at radius 3 is 2.67 bits per heavy atom. The van der Waals surface area contributed by atoms with Crippen LogP contribution >= 0.6 is 22.9 Å². The Bertz CT molecular complexity index is 594. The van der Waals surface area contributed by atoms with E-state index >= 15 is 0 Å². The molecule has 2 N–H and O–H groups in total. The van der Waals surface area contributed by atoms with E-state index in [0.29, 0.717) is 0 Å². The topological polar surface area (TPSA) is 29.3 Å². The molecule has 0 aliphatic rings. The summed E-state index contributed by atoms with van der Waals surface area (Å²) in [5.74, 6) is 0. The zero-order valence-corrected chi connectivity index (χ0v) is 14.5. The van der Waals surface area contributed by atoms with Gasteiger partial charge in [-0.15, -0.1) is 11.3 Å². The third-order valence-electron chi connectivity index (χ3n) is 3.67. The maximum Gasteiger partial charge on any atom is 0.0931 e. The summed E-state index contributed by atoms with van der Waals surface area (Å²) in [4.78, 5) is 3.55. The van der Waals surface area contributed by atoms with E-state index < -0.39 is 0 Å². The molecule has 2 aromatic rings. The molecule has 1 heterocycles. The second-order valence-corrected chi connectivity index (χ2v) is 7.37. The van der Waals surface area contributed by atoms with E-state index in [-0.39, 0.29) is 6.04 Å². The largest absolute Gasteiger partial charge is 0.369 e. The molecule has 0 spiro atoms. The van der Waals surface area contributed by atoms with Crippen molar-refractivity contribution in [3.8, 4) is 0 Å². The predicted octanol–water partition coefficient (Wildman–Crippen LogP) is 4.63. The van der Waals surface area contributed by atoms with E-state index in [1.807, 2.05) is 6.07 Å². The molecular formula is C17H23ClN2S. The quantitative estimate of drug-likeness (QED) is 0.840. The first-order chi connectivity index (χ1) is 9.99. The summed E-state index contributed by atoms with van der Waals surface area (Å²) < 4.78 is 0.843. The lowest BCUT2D eigenvalue weighted by Crippen LogP contribution is -2.24. The van der Waals surface area contributed by atoms with Crippen molar-refractivity contribution in [2.24, 2.45) is 5.73 Å². The van der Waals surface area contributed by atoms with Gasteiger partial charge in [0.05, 0.1) is 10.9 Å². The number of rotatable bonds is 6. The number of halogens is 1. The number of anilines is 1. The maximum atomic E-state index is 6.15. The SMILES string of the molecule is CCC(N)Cc1cc(C)ccc1N(C)Cc1ccc(Cl)s1. The number of benzene rings is 1. The molecule has 0 aliphatic carbocycles. The molecule has 1 aromatic heterocycles. The molecule has 0 radical (unpaired) electrons. The fourth-order valence-electron chi connectivity index (χ4n) is 2.43. The molecule has 21 heavy (non-hydrogen) atoms. The van der Waals surface area contributed by atoms with Crippen LogP contribution in [0.3, 0.4) is 0 Å². The van der Waals surface area contributed by atoms with Gasteiger partial charge in [-0.3, -0.25) is 0 Å². The molecule has 0 saturated carbocycles. The number of hydrogen-bond acceptors (Lipinski definition) is 3. The Morgan fingerprint density at radius 2 is 2.05 bits per heavy atom. The van der Waals surface area contributed by atoms with Crippen molar-refractivity contribution >= 4 is 28.6 Å². The molecule has 0 aliphatic heterocycles. The van der Waals surface area contributed by atoms with Crippen LogP contribution in [0, 0.1) is 6.92 Å². The summed E-state index contributed by atoms with van der Waals surface area (Å²) >= 11 is 7.65. The first-order valence-corrected chi connectivity index (χ1v) is 8.49. The summed E-state index contributed by atoms with van der Waals surface area (Å²) in [6.45, 7) is 5.14. The molecule has 2 rings (SSSR count). The van der Waals surface area contributed by atoms with Gasteiger partial charge >= 0.3 is 0 Å². The Labute approximate surface area is 136 Å². The van der Waals surface area contributed by atoms with Crippen LogP contribution in [0.5, 0.6) is 0 Å². The lowest BCUT2D eigenvalue weighted by Gasteiger charge is -2.23. The average Bonchev–Trinajstić information content (AvgIpc) is 2.84. The second-order valence-electron chi connectivity index (χ2n) is 5.57. The van der Waals surface area contributed by atoms with Crippen LogP contribution in [-0.4, -0.2) is 13.1 Å². The fraction of sp³-hybridized carbons (Fsp3) is 0.412. The van der Waals surface area contributed by atoms with Gasteiger partial charge in [0, 0.05) is 23.7 Å². The number of nitrogens with zero attached hydrogens (tertiary/aromatic N) is 1. The fourth-order valence-corrected chi connectivity index (χ4v) is 3.57. The summed E-state index contributed by atoms with van der Waals surface area (Å²) in [6, 6.07) is 10.9. The second kappa shape index (κ2) is 7.30. The van der Waals surface area contributed by atoms with Gasteiger partial charge in [0.25, 0.3) is 0 Å². The van der Waals surface area contributed by atoms with Crippen molar-refractivity contribution in [3.63, 3.8) is 0 Å². The molecule has 0 amide bonds. The highest BCUT2D eigenvalue weighted by Gasteiger charge is 2.12.